The number of fused-ring (bicyclic) bond motifs is 2. The predicted molar refractivity (Wildman–Crippen MR) is 86.0 cm³/mol. The molecule has 0 aromatic heterocycles. The molecule has 2 bridgehead atoms. The summed E-state index contributed by atoms with van der Waals surface area (Å²) in [6.45, 7) is 3.12. The Morgan fingerprint density at radius 1 is 1.04 bits per heavy atom. The van der Waals surface area contributed by atoms with Crippen LogP contribution in [0.1, 0.15) is 64.7 Å². The van der Waals surface area contributed by atoms with E-state index in [-0.39, 0.29) is 18.0 Å². The highest BCUT2D eigenvalue weighted by atomic mass is 16.5. The van der Waals surface area contributed by atoms with Crippen LogP contribution >= 0.6 is 0 Å². The summed E-state index contributed by atoms with van der Waals surface area (Å²) in [5.41, 5.74) is 0. The molecule has 4 unspecified atom stereocenters. The summed E-state index contributed by atoms with van der Waals surface area (Å²) >= 11 is 0. The molecule has 4 atom stereocenters. The van der Waals surface area contributed by atoms with E-state index in [4.69, 9.17) is 9.47 Å². The number of unbranched alkanes of at least 4 members (excludes halogenated alkanes) is 7. The number of hydrogen-bond donors (Lipinski definition) is 1. The third kappa shape index (κ3) is 4.93. The molecule has 1 aliphatic carbocycles. The third-order valence-corrected chi connectivity index (χ3v) is 5.15. The lowest BCUT2D eigenvalue weighted by atomic mass is 9.88. The van der Waals surface area contributed by atoms with Crippen LogP contribution in [0.2, 0.25) is 0 Å². The number of carbonyl (C=O) groups is 2. The Balaban J connectivity index is 1.59. The Morgan fingerprint density at radius 3 is 2.35 bits per heavy atom. The van der Waals surface area contributed by atoms with Gasteiger partial charge in [0, 0.05) is 0 Å². The first kappa shape index (κ1) is 18.2. The van der Waals surface area contributed by atoms with Crippen LogP contribution in [0.15, 0.2) is 0 Å². The van der Waals surface area contributed by atoms with Crippen LogP contribution in [0.25, 0.3) is 0 Å². The van der Waals surface area contributed by atoms with E-state index in [0.717, 1.165) is 12.8 Å². The zero-order valence-corrected chi connectivity index (χ0v) is 14.2. The largest absolute Gasteiger partial charge is 0.481 e. The van der Waals surface area contributed by atoms with E-state index in [1.54, 1.807) is 0 Å². The number of aliphatic carboxylic acids is 1. The van der Waals surface area contributed by atoms with Gasteiger partial charge in [-0.1, -0.05) is 51.9 Å². The molecule has 0 spiro atoms. The molecule has 5 nitrogen and oxygen atoms in total. The van der Waals surface area contributed by atoms with Gasteiger partial charge in [0.2, 0.25) is 0 Å². The number of carboxylic acid groups (broad SMARTS) is 1. The molecule has 2 rings (SSSR count). The first-order valence-electron chi connectivity index (χ1n) is 9.16. The van der Waals surface area contributed by atoms with E-state index in [9.17, 15) is 14.7 Å². The summed E-state index contributed by atoms with van der Waals surface area (Å²) in [6, 6.07) is 0. The highest BCUT2D eigenvalue weighted by Crippen LogP contribution is 2.45. The highest BCUT2D eigenvalue weighted by molar-refractivity contribution is 5.83. The molecule has 132 valence electrons. The Kier molecular flexibility index (Phi) is 7.34. The number of rotatable bonds is 11. The number of hydrogen-bond acceptors (Lipinski definition) is 4. The van der Waals surface area contributed by atoms with Crippen molar-refractivity contribution in [3.05, 3.63) is 0 Å². The van der Waals surface area contributed by atoms with Crippen LogP contribution < -0.4 is 0 Å². The molecule has 1 heterocycles. The fourth-order valence-electron chi connectivity index (χ4n) is 3.86. The lowest BCUT2D eigenvalue weighted by Crippen LogP contribution is -2.40. The second kappa shape index (κ2) is 9.26. The molecule has 0 radical (unpaired) electrons. The summed E-state index contributed by atoms with van der Waals surface area (Å²) in [6.07, 6.45) is 9.92. The first-order valence-corrected chi connectivity index (χ1v) is 9.16. The molecule has 0 amide bonds. The summed E-state index contributed by atoms with van der Waals surface area (Å²) in [7, 11) is 0. The van der Waals surface area contributed by atoms with Crippen LogP contribution in [0.3, 0.4) is 0 Å². The van der Waals surface area contributed by atoms with Crippen LogP contribution in [-0.4, -0.2) is 36.4 Å². The van der Waals surface area contributed by atoms with Crippen molar-refractivity contribution >= 4 is 11.9 Å². The minimum Gasteiger partial charge on any atom is -0.481 e. The van der Waals surface area contributed by atoms with Crippen LogP contribution in [0, 0.1) is 17.8 Å². The molecule has 1 saturated heterocycles. The van der Waals surface area contributed by atoms with Crippen molar-refractivity contribution in [2.75, 3.05) is 13.2 Å². The predicted octanol–water partition coefficient (Wildman–Crippen LogP) is 3.41. The number of esters is 1. The average molecular weight is 326 g/mol. The molecule has 1 aliphatic heterocycles. The summed E-state index contributed by atoms with van der Waals surface area (Å²) in [5, 5.41) is 9.30. The normalized spacial score (nSPS) is 28.9. The van der Waals surface area contributed by atoms with Gasteiger partial charge in [0.1, 0.15) is 0 Å². The summed E-state index contributed by atoms with van der Waals surface area (Å²) in [4.78, 5) is 23.6. The third-order valence-electron chi connectivity index (χ3n) is 5.15. The lowest BCUT2D eigenvalue weighted by molar-refractivity contribution is -0.165. The van der Waals surface area contributed by atoms with Gasteiger partial charge in [-0.3, -0.25) is 9.59 Å². The van der Waals surface area contributed by atoms with E-state index >= 15 is 0 Å². The smallest absolute Gasteiger partial charge is 0.310 e. The van der Waals surface area contributed by atoms with Crippen LogP contribution in [0.5, 0.6) is 0 Å². The zero-order valence-electron chi connectivity index (χ0n) is 14.2. The molecule has 1 saturated carbocycles. The quantitative estimate of drug-likeness (QED) is 0.465. The molecule has 0 aromatic carbocycles. The summed E-state index contributed by atoms with van der Waals surface area (Å²) < 4.78 is 10.8. The molecule has 23 heavy (non-hydrogen) atoms. The van der Waals surface area contributed by atoms with E-state index in [0.29, 0.717) is 19.6 Å². The van der Waals surface area contributed by atoms with Crippen molar-refractivity contribution < 1.29 is 24.2 Å². The fraction of sp³-hybridized carbons (Fsp3) is 0.889. The van der Waals surface area contributed by atoms with Gasteiger partial charge in [0.05, 0.1) is 31.2 Å². The Hall–Kier alpha value is -1.10. The topological polar surface area (TPSA) is 72.8 Å². The number of ether oxygens (including phenoxy) is 2. The van der Waals surface area contributed by atoms with E-state index in [1.165, 1.54) is 38.5 Å². The maximum atomic E-state index is 12.2. The minimum atomic E-state index is -0.939. The maximum absolute atomic E-state index is 12.2. The van der Waals surface area contributed by atoms with Gasteiger partial charge in [-0.15, -0.1) is 0 Å². The standard InChI is InChI=1S/C18H30O5/c1-2-3-4-5-6-7-8-9-10-22-18(21)15-13-11-14(23-12-13)16(15)17(19)20/h13-16H,2-12H2,1H3,(H,19,20). The van der Waals surface area contributed by atoms with Crippen molar-refractivity contribution in [2.24, 2.45) is 17.8 Å². The van der Waals surface area contributed by atoms with Gasteiger partial charge >= 0.3 is 11.9 Å². The maximum Gasteiger partial charge on any atom is 0.310 e. The molecular weight excluding hydrogens is 296 g/mol. The van der Waals surface area contributed by atoms with E-state index < -0.39 is 17.8 Å². The Bertz CT molecular complexity index is 395. The SMILES string of the molecule is CCCCCCCCCCOC(=O)C1C2COC(C2)C1C(=O)O. The molecule has 0 aromatic rings. The molecule has 5 heteroatoms. The monoisotopic (exact) mass is 326 g/mol. The molecular formula is C18H30O5. The van der Waals surface area contributed by atoms with Gasteiger partial charge in [0.25, 0.3) is 0 Å². The highest BCUT2D eigenvalue weighted by Gasteiger charge is 2.56. The van der Waals surface area contributed by atoms with E-state index in [1.807, 2.05) is 0 Å². The van der Waals surface area contributed by atoms with Crippen LogP contribution in [0.4, 0.5) is 0 Å². The van der Waals surface area contributed by atoms with Crippen molar-refractivity contribution in [3.63, 3.8) is 0 Å². The van der Waals surface area contributed by atoms with Gasteiger partial charge in [-0.2, -0.15) is 0 Å². The number of carbonyl (C=O) groups excluding carboxylic acids is 1. The minimum absolute atomic E-state index is 0.0205. The van der Waals surface area contributed by atoms with E-state index in [2.05, 4.69) is 6.92 Å². The second-order valence-corrected chi connectivity index (χ2v) is 6.90. The van der Waals surface area contributed by atoms with Gasteiger partial charge in [0.15, 0.2) is 0 Å². The molecule has 1 N–H and O–H groups in total. The van der Waals surface area contributed by atoms with Crippen molar-refractivity contribution in [1.29, 1.82) is 0 Å². The fourth-order valence-corrected chi connectivity index (χ4v) is 3.86. The Morgan fingerprint density at radius 2 is 1.70 bits per heavy atom. The lowest BCUT2D eigenvalue weighted by Gasteiger charge is -2.26. The van der Waals surface area contributed by atoms with Gasteiger partial charge in [-0.05, 0) is 18.8 Å². The first-order chi connectivity index (χ1) is 11.1. The van der Waals surface area contributed by atoms with Gasteiger partial charge < -0.3 is 14.6 Å². The van der Waals surface area contributed by atoms with Crippen molar-refractivity contribution in [1.82, 2.24) is 0 Å². The Labute approximate surface area is 138 Å². The van der Waals surface area contributed by atoms with Crippen molar-refractivity contribution in [3.8, 4) is 0 Å². The van der Waals surface area contributed by atoms with Crippen LogP contribution in [-0.2, 0) is 19.1 Å². The number of carboxylic acids is 1. The van der Waals surface area contributed by atoms with Crippen molar-refractivity contribution in [2.45, 2.75) is 70.8 Å². The zero-order chi connectivity index (χ0) is 16.7. The molecule has 2 aliphatic rings. The molecule has 2 fully saturated rings. The van der Waals surface area contributed by atoms with Gasteiger partial charge in [-0.25, -0.2) is 0 Å². The second-order valence-electron chi connectivity index (χ2n) is 6.90. The average Bonchev–Trinajstić information content (AvgIpc) is 3.14. The summed E-state index contributed by atoms with van der Waals surface area (Å²) in [5.74, 6) is -2.49.